The maximum atomic E-state index is 12.9. The summed E-state index contributed by atoms with van der Waals surface area (Å²) in [6.45, 7) is 0.663. The molecule has 0 aliphatic rings. The number of benzene rings is 2. The number of pyridine rings is 2. The molecule has 0 atom stereocenters. The third-order valence-electron chi connectivity index (χ3n) is 5.13. The highest BCUT2D eigenvalue weighted by molar-refractivity contribution is 6.08. The molecule has 172 valence electrons. The van der Waals surface area contributed by atoms with Gasteiger partial charge in [-0.1, -0.05) is 36.4 Å². The maximum Gasteiger partial charge on any atom is 0.416 e. The van der Waals surface area contributed by atoms with Gasteiger partial charge in [-0.2, -0.15) is 13.2 Å². The van der Waals surface area contributed by atoms with E-state index in [0.29, 0.717) is 34.7 Å². The number of aromatic nitrogens is 2. The molecule has 0 spiro atoms. The first-order valence-corrected chi connectivity index (χ1v) is 10.6. The van der Waals surface area contributed by atoms with Crippen LogP contribution in [0, 0.1) is 0 Å². The largest absolute Gasteiger partial charge is 0.416 e. The molecule has 0 saturated carbocycles. The summed E-state index contributed by atoms with van der Waals surface area (Å²) >= 11 is 0. The Hall–Kier alpha value is -4.20. The number of anilines is 2. The highest BCUT2D eigenvalue weighted by Crippen LogP contribution is 2.32. The van der Waals surface area contributed by atoms with Gasteiger partial charge in [-0.15, -0.1) is 0 Å². The van der Waals surface area contributed by atoms with E-state index in [0.717, 1.165) is 24.2 Å². The number of nitrogens with zero attached hydrogens (tertiary/aromatic N) is 2. The van der Waals surface area contributed by atoms with Gasteiger partial charge in [-0.05, 0) is 53.6 Å². The first kappa shape index (κ1) is 23.0. The number of hydrogen-bond donors (Lipinski definition) is 2. The van der Waals surface area contributed by atoms with Crippen LogP contribution in [0.3, 0.4) is 0 Å². The molecule has 0 aliphatic carbocycles. The minimum absolute atomic E-state index is 0.347. The van der Waals surface area contributed by atoms with E-state index in [1.54, 1.807) is 48.8 Å². The van der Waals surface area contributed by atoms with Crippen molar-refractivity contribution in [3.8, 4) is 11.1 Å². The average molecular weight is 462 g/mol. The second-order valence-electron chi connectivity index (χ2n) is 7.50. The quantitative estimate of drug-likeness (QED) is 0.350. The lowest BCUT2D eigenvalue weighted by molar-refractivity contribution is -0.137. The van der Waals surface area contributed by atoms with Crippen LogP contribution < -0.4 is 10.6 Å². The standard InChI is InChI=1S/C26H21F3N4O/c27-26(28,29)19-10-8-18(9-11-19)22-6-1-2-7-23(22)25(34)33-21-12-13-24(32-17-21)31-16-14-20-5-3-4-15-30-20/h1-13,15,17H,14,16H2,(H,31,32)(H,33,34). The lowest BCUT2D eigenvalue weighted by Gasteiger charge is -2.12. The molecule has 2 heterocycles. The number of carbonyl (C=O) groups excluding carboxylic acids is 1. The molecule has 2 N–H and O–H groups in total. The van der Waals surface area contributed by atoms with Gasteiger partial charge in [0.15, 0.2) is 0 Å². The Morgan fingerprint density at radius 3 is 2.29 bits per heavy atom. The zero-order chi connectivity index (χ0) is 24.0. The molecule has 2 aromatic heterocycles. The zero-order valence-electron chi connectivity index (χ0n) is 18.0. The van der Waals surface area contributed by atoms with E-state index in [1.165, 1.54) is 12.1 Å². The number of halogens is 3. The van der Waals surface area contributed by atoms with Crippen LogP contribution in [0.5, 0.6) is 0 Å². The van der Waals surface area contributed by atoms with Crippen molar-refractivity contribution >= 4 is 17.4 Å². The van der Waals surface area contributed by atoms with Gasteiger partial charge in [0, 0.05) is 30.4 Å². The van der Waals surface area contributed by atoms with Crippen molar-refractivity contribution in [3.05, 3.63) is 108 Å². The number of rotatable bonds is 7. The molecule has 0 aliphatic heterocycles. The molecule has 2 aromatic carbocycles. The normalized spacial score (nSPS) is 11.1. The van der Waals surface area contributed by atoms with E-state index in [-0.39, 0.29) is 5.91 Å². The number of alkyl halides is 3. The lowest BCUT2D eigenvalue weighted by Crippen LogP contribution is -2.14. The van der Waals surface area contributed by atoms with Gasteiger partial charge in [0.1, 0.15) is 5.82 Å². The fourth-order valence-electron chi connectivity index (χ4n) is 3.41. The Balaban J connectivity index is 1.41. The highest BCUT2D eigenvalue weighted by Gasteiger charge is 2.30. The summed E-state index contributed by atoms with van der Waals surface area (Å²) in [4.78, 5) is 21.5. The molecule has 1 amide bonds. The summed E-state index contributed by atoms with van der Waals surface area (Å²) in [5.41, 5.74) is 2.14. The van der Waals surface area contributed by atoms with Crippen molar-refractivity contribution in [2.75, 3.05) is 17.2 Å². The van der Waals surface area contributed by atoms with Gasteiger partial charge in [0.25, 0.3) is 5.91 Å². The van der Waals surface area contributed by atoms with Crippen molar-refractivity contribution in [1.29, 1.82) is 0 Å². The van der Waals surface area contributed by atoms with Crippen LogP contribution in [0.4, 0.5) is 24.7 Å². The molecular weight excluding hydrogens is 441 g/mol. The van der Waals surface area contributed by atoms with Gasteiger partial charge in [0.2, 0.25) is 0 Å². The molecule has 4 rings (SSSR count). The van der Waals surface area contributed by atoms with Crippen LogP contribution in [-0.4, -0.2) is 22.4 Å². The van der Waals surface area contributed by atoms with Crippen LogP contribution >= 0.6 is 0 Å². The third-order valence-corrected chi connectivity index (χ3v) is 5.13. The Bertz CT molecular complexity index is 1240. The van der Waals surface area contributed by atoms with Crippen molar-refractivity contribution < 1.29 is 18.0 Å². The molecular formula is C26H21F3N4O. The number of hydrogen-bond acceptors (Lipinski definition) is 4. The Kier molecular flexibility index (Phi) is 6.87. The first-order chi connectivity index (χ1) is 16.4. The van der Waals surface area contributed by atoms with E-state index in [2.05, 4.69) is 20.6 Å². The van der Waals surface area contributed by atoms with Crippen LogP contribution in [-0.2, 0) is 12.6 Å². The second-order valence-corrected chi connectivity index (χ2v) is 7.50. The summed E-state index contributed by atoms with van der Waals surface area (Å²) in [6, 6.07) is 20.8. The maximum absolute atomic E-state index is 12.9. The van der Waals surface area contributed by atoms with Gasteiger partial charge in [0.05, 0.1) is 17.4 Å². The summed E-state index contributed by atoms with van der Waals surface area (Å²) in [5.74, 6) is 0.284. The lowest BCUT2D eigenvalue weighted by atomic mass is 9.98. The number of nitrogens with one attached hydrogen (secondary N) is 2. The zero-order valence-corrected chi connectivity index (χ0v) is 18.0. The van der Waals surface area contributed by atoms with E-state index in [4.69, 9.17) is 0 Å². The summed E-state index contributed by atoms with van der Waals surface area (Å²) < 4.78 is 38.6. The number of amides is 1. The topological polar surface area (TPSA) is 66.9 Å². The van der Waals surface area contributed by atoms with Crippen molar-refractivity contribution in [2.24, 2.45) is 0 Å². The fraction of sp³-hybridized carbons (Fsp3) is 0.115. The van der Waals surface area contributed by atoms with Crippen molar-refractivity contribution in [3.63, 3.8) is 0 Å². The molecule has 34 heavy (non-hydrogen) atoms. The van der Waals surface area contributed by atoms with Crippen molar-refractivity contribution in [2.45, 2.75) is 12.6 Å². The van der Waals surface area contributed by atoms with Gasteiger partial charge in [-0.25, -0.2) is 4.98 Å². The average Bonchev–Trinajstić information content (AvgIpc) is 2.85. The molecule has 5 nitrogen and oxygen atoms in total. The minimum Gasteiger partial charge on any atom is -0.370 e. The monoisotopic (exact) mass is 462 g/mol. The van der Waals surface area contributed by atoms with Gasteiger partial charge >= 0.3 is 6.18 Å². The van der Waals surface area contributed by atoms with Crippen LogP contribution in [0.2, 0.25) is 0 Å². The van der Waals surface area contributed by atoms with Crippen LogP contribution in [0.15, 0.2) is 91.3 Å². The molecule has 0 fully saturated rings. The second kappa shape index (κ2) is 10.2. The van der Waals surface area contributed by atoms with E-state index in [9.17, 15) is 18.0 Å². The predicted octanol–water partition coefficient (Wildman–Crippen LogP) is 6.07. The predicted molar refractivity (Wildman–Crippen MR) is 126 cm³/mol. The molecule has 0 radical (unpaired) electrons. The Morgan fingerprint density at radius 1 is 0.853 bits per heavy atom. The van der Waals surface area contributed by atoms with Crippen LogP contribution in [0.1, 0.15) is 21.6 Å². The van der Waals surface area contributed by atoms with E-state index < -0.39 is 11.7 Å². The Labute approximate surface area is 194 Å². The van der Waals surface area contributed by atoms with Crippen LogP contribution in [0.25, 0.3) is 11.1 Å². The minimum atomic E-state index is -4.41. The van der Waals surface area contributed by atoms with E-state index in [1.807, 2.05) is 18.2 Å². The molecule has 0 unspecified atom stereocenters. The van der Waals surface area contributed by atoms with Gasteiger partial charge in [-0.3, -0.25) is 9.78 Å². The SMILES string of the molecule is O=C(Nc1ccc(NCCc2ccccn2)nc1)c1ccccc1-c1ccc(C(F)(F)F)cc1. The summed E-state index contributed by atoms with van der Waals surface area (Å²) in [5, 5.41) is 6.00. The highest BCUT2D eigenvalue weighted by atomic mass is 19.4. The summed E-state index contributed by atoms with van der Waals surface area (Å²) in [7, 11) is 0. The van der Waals surface area contributed by atoms with Gasteiger partial charge < -0.3 is 10.6 Å². The van der Waals surface area contributed by atoms with Crippen molar-refractivity contribution in [1.82, 2.24) is 9.97 Å². The Morgan fingerprint density at radius 2 is 1.62 bits per heavy atom. The fourth-order valence-corrected chi connectivity index (χ4v) is 3.41. The molecule has 4 aromatic rings. The molecule has 8 heteroatoms. The smallest absolute Gasteiger partial charge is 0.370 e. The first-order valence-electron chi connectivity index (χ1n) is 10.6. The molecule has 0 bridgehead atoms. The molecule has 0 saturated heterocycles. The third kappa shape index (κ3) is 5.78. The summed E-state index contributed by atoms with van der Waals surface area (Å²) in [6.07, 6.45) is -0.369. The number of carbonyl (C=O) groups is 1. The van der Waals surface area contributed by atoms with E-state index >= 15 is 0 Å².